The molecule has 21 heavy (non-hydrogen) atoms. The lowest BCUT2D eigenvalue weighted by Gasteiger charge is -2.39. The molecule has 0 bridgehead atoms. The second-order valence-electron chi connectivity index (χ2n) is 6.56. The van der Waals surface area contributed by atoms with Crippen LogP contribution in [0.15, 0.2) is 0 Å². The van der Waals surface area contributed by atoms with Crippen LogP contribution in [-0.4, -0.2) is 48.9 Å². The number of nitrogens with zero attached hydrogens (tertiary/aromatic N) is 1. The summed E-state index contributed by atoms with van der Waals surface area (Å²) >= 11 is 0. The summed E-state index contributed by atoms with van der Waals surface area (Å²) < 4.78 is 0. The molecule has 2 rings (SSSR count). The fourth-order valence-electron chi connectivity index (χ4n) is 3.64. The van der Waals surface area contributed by atoms with Gasteiger partial charge in [-0.05, 0) is 38.6 Å². The molecule has 1 unspecified atom stereocenters. The quantitative estimate of drug-likeness (QED) is 0.821. The topological polar surface area (TPSA) is 61.4 Å². The molecule has 2 saturated heterocycles. The van der Waals surface area contributed by atoms with Gasteiger partial charge in [0.05, 0.1) is 5.41 Å². The molecule has 0 saturated carbocycles. The Morgan fingerprint density at radius 2 is 2.05 bits per heavy atom. The molecule has 0 radical (unpaired) electrons. The lowest BCUT2D eigenvalue weighted by atomic mass is 9.76. The molecule has 120 valence electrons. The summed E-state index contributed by atoms with van der Waals surface area (Å²) in [6.07, 6.45) is 5.82. The van der Waals surface area contributed by atoms with Gasteiger partial charge in [-0.3, -0.25) is 9.59 Å². The third-order valence-electron chi connectivity index (χ3n) is 4.96. The summed E-state index contributed by atoms with van der Waals surface area (Å²) in [6.45, 7) is 7.12. The average Bonchev–Trinajstić information content (AvgIpc) is 2.49. The summed E-state index contributed by atoms with van der Waals surface area (Å²) in [7, 11) is 0. The second-order valence-corrected chi connectivity index (χ2v) is 6.56. The van der Waals surface area contributed by atoms with Gasteiger partial charge < -0.3 is 15.5 Å². The van der Waals surface area contributed by atoms with Crippen molar-refractivity contribution in [2.45, 2.75) is 58.4 Å². The number of piperidine rings is 2. The van der Waals surface area contributed by atoms with Gasteiger partial charge in [-0.2, -0.15) is 0 Å². The fourth-order valence-corrected chi connectivity index (χ4v) is 3.64. The molecule has 0 aromatic carbocycles. The van der Waals surface area contributed by atoms with Crippen LogP contribution in [0.4, 0.5) is 0 Å². The number of carbonyl (C=O) groups excluding carboxylic acids is 2. The van der Waals surface area contributed by atoms with E-state index < -0.39 is 0 Å². The number of rotatable bonds is 4. The maximum Gasteiger partial charge on any atom is 0.227 e. The number of hydrogen-bond acceptors (Lipinski definition) is 3. The van der Waals surface area contributed by atoms with Crippen LogP contribution in [0.25, 0.3) is 0 Å². The van der Waals surface area contributed by atoms with Gasteiger partial charge in [0.2, 0.25) is 11.8 Å². The molecule has 2 amide bonds. The highest BCUT2D eigenvalue weighted by atomic mass is 16.2. The molecule has 5 nitrogen and oxygen atoms in total. The molecule has 0 aliphatic carbocycles. The van der Waals surface area contributed by atoms with Crippen molar-refractivity contribution in [3.8, 4) is 0 Å². The molecule has 2 aliphatic rings. The monoisotopic (exact) mass is 295 g/mol. The van der Waals surface area contributed by atoms with E-state index in [1.54, 1.807) is 6.92 Å². The Labute approximate surface area is 127 Å². The lowest BCUT2D eigenvalue weighted by molar-refractivity contribution is -0.134. The van der Waals surface area contributed by atoms with E-state index in [0.717, 1.165) is 64.7 Å². The van der Waals surface area contributed by atoms with Gasteiger partial charge in [0.25, 0.3) is 0 Å². The Kier molecular flexibility index (Phi) is 5.62. The van der Waals surface area contributed by atoms with Crippen LogP contribution in [0.1, 0.15) is 52.4 Å². The predicted molar refractivity (Wildman–Crippen MR) is 82.9 cm³/mol. The second kappa shape index (κ2) is 7.25. The first-order chi connectivity index (χ1) is 10.1. The predicted octanol–water partition coefficient (Wildman–Crippen LogP) is 1.28. The minimum Gasteiger partial charge on any atom is -0.353 e. The maximum absolute atomic E-state index is 12.8. The van der Waals surface area contributed by atoms with Crippen molar-refractivity contribution < 1.29 is 9.59 Å². The van der Waals surface area contributed by atoms with Gasteiger partial charge in [-0.15, -0.1) is 0 Å². The van der Waals surface area contributed by atoms with E-state index in [4.69, 9.17) is 0 Å². The van der Waals surface area contributed by atoms with Crippen LogP contribution in [0, 0.1) is 5.41 Å². The van der Waals surface area contributed by atoms with Crippen molar-refractivity contribution in [1.29, 1.82) is 0 Å². The van der Waals surface area contributed by atoms with E-state index >= 15 is 0 Å². The molecule has 1 atom stereocenters. The molecular weight excluding hydrogens is 266 g/mol. The Morgan fingerprint density at radius 3 is 2.57 bits per heavy atom. The van der Waals surface area contributed by atoms with Crippen LogP contribution < -0.4 is 10.6 Å². The average molecular weight is 295 g/mol. The van der Waals surface area contributed by atoms with E-state index in [2.05, 4.69) is 17.6 Å². The lowest BCUT2D eigenvalue weighted by Crippen LogP contribution is -2.54. The largest absolute Gasteiger partial charge is 0.353 e. The zero-order valence-electron chi connectivity index (χ0n) is 13.4. The van der Waals surface area contributed by atoms with Crippen LogP contribution in [0.2, 0.25) is 0 Å². The van der Waals surface area contributed by atoms with Crippen LogP contribution in [0.5, 0.6) is 0 Å². The van der Waals surface area contributed by atoms with Crippen LogP contribution in [0.3, 0.4) is 0 Å². The van der Waals surface area contributed by atoms with E-state index in [-0.39, 0.29) is 23.3 Å². The molecule has 2 heterocycles. The zero-order chi connectivity index (χ0) is 15.3. The van der Waals surface area contributed by atoms with Gasteiger partial charge in [0.1, 0.15) is 0 Å². The number of nitrogens with one attached hydrogen (secondary N) is 2. The summed E-state index contributed by atoms with van der Waals surface area (Å²) in [5.41, 5.74) is -0.218. The minimum absolute atomic E-state index is 0.138. The standard InChI is InChI=1S/C16H29N3O2/c1-3-7-16(8-4-9-17-12-16)15(21)18-14-5-10-19(11-6-14)13(2)20/h14,17H,3-12H2,1-2H3,(H,18,21). The van der Waals surface area contributed by atoms with Crippen molar-refractivity contribution in [2.24, 2.45) is 5.41 Å². The van der Waals surface area contributed by atoms with Crippen LogP contribution >= 0.6 is 0 Å². The van der Waals surface area contributed by atoms with Gasteiger partial charge in [0, 0.05) is 32.6 Å². The number of likely N-dealkylation sites (tertiary alicyclic amines) is 1. The van der Waals surface area contributed by atoms with Crippen molar-refractivity contribution >= 4 is 11.8 Å². The number of amides is 2. The van der Waals surface area contributed by atoms with Gasteiger partial charge >= 0.3 is 0 Å². The van der Waals surface area contributed by atoms with Gasteiger partial charge in [-0.1, -0.05) is 13.3 Å². The van der Waals surface area contributed by atoms with Gasteiger partial charge in [0.15, 0.2) is 0 Å². The summed E-state index contributed by atoms with van der Waals surface area (Å²) in [4.78, 5) is 26.0. The molecule has 0 aromatic heterocycles. The van der Waals surface area contributed by atoms with Crippen molar-refractivity contribution in [1.82, 2.24) is 15.5 Å². The Morgan fingerprint density at radius 1 is 1.33 bits per heavy atom. The minimum atomic E-state index is -0.218. The molecule has 0 aromatic rings. The van der Waals surface area contributed by atoms with Crippen molar-refractivity contribution in [3.05, 3.63) is 0 Å². The van der Waals surface area contributed by atoms with E-state index in [0.29, 0.717) is 0 Å². The Bertz CT molecular complexity index is 364. The molecule has 0 spiro atoms. The zero-order valence-corrected chi connectivity index (χ0v) is 13.4. The van der Waals surface area contributed by atoms with Crippen molar-refractivity contribution in [2.75, 3.05) is 26.2 Å². The summed E-state index contributed by atoms with van der Waals surface area (Å²) in [6, 6.07) is 0.226. The Hall–Kier alpha value is -1.10. The summed E-state index contributed by atoms with van der Waals surface area (Å²) in [5.74, 6) is 0.358. The first kappa shape index (κ1) is 16.3. The van der Waals surface area contributed by atoms with Crippen LogP contribution in [-0.2, 0) is 9.59 Å². The van der Waals surface area contributed by atoms with E-state index in [9.17, 15) is 9.59 Å². The molecule has 5 heteroatoms. The fraction of sp³-hybridized carbons (Fsp3) is 0.875. The maximum atomic E-state index is 12.8. The molecule has 2 fully saturated rings. The SMILES string of the molecule is CCCC1(C(=O)NC2CCN(C(C)=O)CC2)CCCNC1. The highest BCUT2D eigenvalue weighted by molar-refractivity contribution is 5.83. The van der Waals surface area contributed by atoms with Crippen molar-refractivity contribution in [3.63, 3.8) is 0 Å². The van der Waals surface area contributed by atoms with E-state index in [1.807, 2.05) is 4.90 Å². The normalized spacial score (nSPS) is 27.4. The highest BCUT2D eigenvalue weighted by Gasteiger charge is 2.39. The summed E-state index contributed by atoms with van der Waals surface area (Å²) in [5, 5.41) is 6.64. The first-order valence-corrected chi connectivity index (χ1v) is 8.34. The third-order valence-corrected chi connectivity index (χ3v) is 4.96. The smallest absolute Gasteiger partial charge is 0.227 e. The first-order valence-electron chi connectivity index (χ1n) is 8.34. The molecule has 2 aliphatic heterocycles. The Balaban J connectivity index is 1.89. The third kappa shape index (κ3) is 3.96. The highest BCUT2D eigenvalue weighted by Crippen LogP contribution is 2.32. The van der Waals surface area contributed by atoms with Gasteiger partial charge in [-0.25, -0.2) is 0 Å². The number of hydrogen-bond donors (Lipinski definition) is 2. The molecular formula is C16H29N3O2. The van der Waals surface area contributed by atoms with E-state index in [1.165, 1.54) is 0 Å². The number of carbonyl (C=O) groups is 2. The molecule has 2 N–H and O–H groups in total.